The Morgan fingerprint density at radius 3 is 2.32 bits per heavy atom. The summed E-state index contributed by atoms with van der Waals surface area (Å²) in [6.45, 7) is 2.35. The van der Waals surface area contributed by atoms with Gasteiger partial charge in [-0.25, -0.2) is 0 Å². The van der Waals surface area contributed by atoms with Gasteiger partial charge < -0.3 is 4.74 Å². The lowest BCUT2D eigenvalue weighted by Crippen LogP contribution is -2.29. The first-order valence-electron chi connectivity index (χ1n) is 7.48. The quantitative estimate of drug-likeness (QED) is 0.598. The summed E-state index contributed by atoms with van der Waals surface area (Å²) in [5, 5.41) is 0. The molecule has 2 rings (SSSR count). The minimum absolute atomic E-state index is 0.00398. The van der Waals surface area contributed by atoms with Gasteiger partial charge in [0.1, 0.15) is 0 Å². The summed E-state index contributed by atoms with van der Waals surface area (Å²) in [6.07, 6.45) is 7.76. The molecule has 0 radical (unpaired) electrons. The number of hydrogen-bond donors (Lipinski definition) is 0. The van der Waals surface area contributed by atoms with E-state index in [2.05, 4.69) is 24.3 Å². The summed E-state index contributed by atoms with van der Waals surface area (Å²) >= 11 is 0. The third-order valence-corrected chi connectivity index (χ3v) is 4.23. The molecule has 2 heteroatoms. The summed E-state index contributed by atoms with van der Waals surface area (Å²) in [4.78, 5) is 12.0. The molecule has 0 spiro atoms. The molecule has 1 aromatic carbocycles. The summed E-state index contributed by atoms with van der Waals surface area (Å²) in [6, 6.07) is 10.5. The van der Waals surface area contributed by atoms with Gasteiger partial charge in [-0.3, -0.25) is 4.79 Å². The second-order valence-electron chi connectivity index (χ2n) is 5.54. The van der Waals surface area contributed by atoms with Gasteiger partial charge in [0, 0.05) is 5.41 Å². The van der Waals surface area contributed by atoms with Gasteiger partial charge in [0.05, 0.1) is 13.0 Å². The van der Waals surface area contributed by atoms with Crippen molar-refractivity contribution in [3.8, 4) is 0 Å². The summed E-state index contributed by atoms with van der Waals surface area (Å²) in [5.74, 6) is -0.0479. The molecule has 0 N–H and O–H groups in total. The van der Waals surface area contributed by atoms with Crippen molar-refractivity contribution in [1.82, 2.24) is 0 Å². The number of carbonyl (C=O) groups is 1. The van der Waals surface area contributed by atoms with E-state index in [0.717, 1.165) is 12.8 Å². The maximum absolute atomic E-state index is 12.0. The maximum atomic E-state index is 12.0. The van der Waals surface area contributed by atoms with E-state index < -0.39 is 0 Å². The van der Waals surface area contributed by atoms with E-state index in [9.17, 15) is 4.79 Å². The SMILES string of the molecule is CCOC(=O)CC1(c2ccccc2)CCCCCC1. The third kappa shape index (κ3) is 3.59. The van der Waals surface area contributed by atoms with Crippen molar-refractivity contribution in [2.24, 2.45) is 0 Å². The Labute approximate surface area is 116 Å². The zero-order valence-electron chi connectivity index (χ0n) is 11.9. The van der Waals surface area contributed by atoms with Gasteiger partial charge in [0.2, 0.25) is 0 Å². The lowest BCUT2D eigenvalue weighted by Gasteiger charge is -2.32. The fourth-order valence-corrected chi connectivity index (χ4v) is 3.25. The van der Waals surface area contributed by atoms with Crippen molar-refractivity contribution in [3.63, 3.8) is 0 Å². The number of carbonyl (C=O) groups excluding carboxylic acids is 1. The Kier molecular flexibility index (Phi) is 5.00. The molecule has 2 nitrogen and oxygen atoms in total. The van der Waals surface area contributed by atoms with Gasteiger partial charge in [-0.05, 0) is 25.3 Å². The largest absolute Gasteiger partial charge is 0.466 e. The normalized spacial score (nSPS) is 18.6. The van der Waals surface area contributed by atoms with E-state index >= 15 is 0 Å². The fourth-order valence-electron chi connectivity index (χ4n) is 3.25. The second kappa shape index (κ2) is 6.74. The summed E-state index contributed by atoms with van der Waals surface area (Å²) in [5.41, 5.74) is 1.31. The molecule has 1 aromatic rings. The van der Waals surface area contributed by atoms with Crippen LogP contribution in [0.25, 0.3) is 0 Å². The predicted octanol–water partition coefficient (Wildman–Crippen LogP) is 4.23. The first-order chi connectivity index (χ1) is 9.27. The van der Waals surface area contributed by atoms with Gasteiger partial charge in [-0.1, -0.05) is 56.0 Å². The molecule has 1 aliphatic rings. The molecular weight excluding hydrogens is 236 g/mol. The van der Waals surface area contributed by atoms with Crippen LogP contribution in [-0.4, -0.2) is 12.6 Å². The summed E-state index contributed by atoms with van der Waals surface area (Å²) in [7, 11) is 0. The molecule has 1 aliphatic carbocycles. The van der Waals surface area contributed by atoms with Crippen LogP contribution in [0.5, 0.6) is 0 Å². The number of hydrogen-bond acceptors (Lipinski definition) is 2. The van der Waals surface area contributed by atoms with Crippen molar-refractivity contribution in [1.29, 1.82) is 0 Å². The highest BCUT2D eigenvalue weighted by atomic mass is 16.5. The lowest BCUT2D eigenvalue weighted by molar-refractivity contribution is -0.144. The topological polar surface area (TPSA) is 26.3 Å². The molecule has 0 saturated heterocycles. The zero-order chi connectivity index (χ0) is 13.6. The Hall–Kier alpha value is -1.31. The first kappa shape index (κ1) is 14.1. The molecule has 0 bridgehead atoms. The third-order valence-electron chi connectivity index (χ3n) is 4.23. The first-order valence-corrected chi connectivity index (χ1v) is 7.48. The van der Waals surface area contributed by atoms with E-state index in [1.54, 1.807) is 0 Å². The molecule has 0 heterocycles. The highest BCUT2D eigenvalue weighted by Crippen LogP contribution is 2.41. The second-order valence-corrected chi connectivity index (χ2v) is 5.54. The molecule has 0 amide bonds. The Balaban J connectivity index is 2.24. The van der Waals surface area contributed by atoms with Gasteiger partial charge in [-0.15, -0.1) is 0 Å². The highest BCUT2D eigenvalue weighted by molar-refractivity contribution is 5.71. The number of benzene rings is 1. The van der Waals surface area contributed by atoms with Gasteiger partial charge in [-0.2, -0.15) is 0 Å². The van der Waals surface area contributed by atoms with Gasteiger partial charge in [0.15, 0.2) is 0 Å². The number of esters is 1. The van der Waals surface area contributed by atoms with Crippen molar-refractivity contribution < 1.29 is 9.53 Å². The van der Waals surface area contributed by atoms with Crippen LogP contribution in [0.2, 0.25) is 0 Å². The van der Waals surface area contributed by atoms with Crippen LogP contribution in [0.3, 0.4) is 0 Å². The minimum Gasteiger partial charge on any atom is -0.466 e. The molecule has 0 aliphatic heterocycles. The zero-order valence-corrected chi connectivity index (χ0v) is 11.9. The molecule has 19 heavy (non-hydrogen) atoms. The van der Waals surface area contributed by atoms with E-state index in [4.69, 9.17) is 4.74 Å². The molecule has 104 valence electrons. The Bertz CT molecular complexity index is 389. The van der Waals surface area contributed by atoms with Crippen LogP contribution in [0.4, 0.5) is 0 Å². The standard InChI is InChI=1S/C17H24O2/c1-2-19-16(18)14-17(12-8-3-4-9-13-17)15-10-6-5-7-11-15/h5-7,10-11H,2-4,8-9,12-14H2,1H3. The number of rotatable bonds is 4. The monoisotopic (exact) mass is 260 g/mol. The smallest absolute Gasteiger partial charge is 0.306 e. The van der Waals surface area contributed by atoms with E-state index in [1.807, 2.05) is 13.0 Å². The van der Waals surface area contributed by atoms with Crippen LogP contribution in [-0.2, 0) is 14.9 Å². The predicted molar refractivity (Wildman–Crippen MR) is 77.1 cm³/mol. The van der Waals surface area contributed by atoms with Crippen molar-refractivity contribution in [2.45, 2.75) is 57.3 Å². The molecule has 1 saturated carbocycles. The Morgan fingerprint density at radius 1 is 1.11 bits per heavy atom. The van der Waals surface area contributed by atoms with Crippen LogP contribution in [0.1, 0.15) is 57.4 Å². The molecular formula is C17H24O2. The van der Waals surface area contributed by atoms with Crippen LogP contribution < -0.4 is 0 Å². The minimum atomic E-state index is -0.0479. The fraction of sp³-hybridized carbons (Fsp3) is 0.588. The van der Waals surface area contributed by atoms with E-state index in [-0.39, 0.29) is 11.4 Å². The van der Waals surface area contributed by atoms with E-state index in [1.165, 1.54) is 31.2 Å². The molecule has 1 fully saturated rings. The van der Waals surface area contributed by atoms with Crippen molar-refractivity contribution in [3.05, 3.63) is 35.9 Å². The lowest BCUT2D eigenvalue weighted by atomic mass is 9.72. The molecule has 0 aromatic heterocycles. The molecule has 0 unspecified atom stereocenters. The van der Waals surface area contributed by atoms with Crippen LogP contribution in [0, 0.1) is 0 Å². The van der Waals surface area contributed by atoms with Gasteiger partial charge in [0.25, 0.3) is 0 Å². The van der Waals surface area contributed by atoms with Crippen LogP contribution in [0.15, 0.2) is 30.3 Å². The van der Waals surface area contributed by atoms with Crippen molar-refractivity contribution in [2.75, 3.05) is 6.61 Å². The van der Waals surface area contributed by atoms with Gasteiger partial charge >= 0.3 is 5.97 Å². The number of ether oxygens (including phenoxy) is 1. The maximum Gasteiger partial charge on any atom is 0.306 e. The summed E-state index contributed by atoms with van der Waals surface area (Å²) < 4.78 is 5.19. The average molecular weight is 260 g/mol. The van der Waals surface area contributed by atoms with Crippen LogP contribution >= 0.6 is 0 Å². The Morgan fingerprint density at radius 2 is 1.74 bits per heavy atom. The highest BCUT2D eigenvalue weighted by Gasteiger charge is 2.35. The molecule has 0 atom stereocenters. The average Bonchev–Trinajstić information content (AvgIpc) is 2.66. The van der Waals surface area contributed by atoms with E-state index in [0.29, 0.717) is 13.0 Å². The van der Waals surface area contributed by atoms with Crippen molar-refractivity contribution >= 4 is 5.97 Å².